The lowest BCUT2D eigenvalue weighted by Gasteiger charge is -2.36. The van der Waals surface area contributed by atoms with Crippen molar-refractivity contribution in [3.8, 4) is 0 Å². The third-order valence-corrected chi connectivity index (χ3v) is 4.15. The summed E-state index contributed by atoms with van der Waals surface area (Å²) in [4.78, 5) is 12.4. The molecular formula is C15H30N2O2. The molecule has 0 aromatic rings. The number of hydrogen-bond donors (Lipinski definition) is 3. The van der Waals surface area contributed by atoms with E-state index in [0.29, 0.717) is 5.92 Å². The van der Waals surface area contributed by atoms with Gasteiger partial charge in [-0.3, -0.25) is 4.79 Å². The number of carbonyl (C=O) groups is 1. The van der Waals surface area contributed by atoms with E-state index in [1.807, 2.05) is 6.92 Å². The Balaban J connectivity index is 2.36. The molecule has 112 valence electrons. The molecule has 0 radical (unpaired) electrons. The van der Waals surface area contributed by atoms with Gasteiger partial charge in [0.05, 0.1) is 5.41 Å². The third kappa shape index (κ3) is 5.11. The number of aliphatic hydroxyl groups is 1. The standard InChI is InChI=1S/C15H30N2O2/c1-3-7-15(8-5-9-16-12-15)14(19)17-10-4-6-13(2)11-18/h13,16,18H,3-12H2,1-2H3,(H,17,19). The van der Waals surface area contributed by atoms with E-state index in [2.05, 4.69) is 17.6 Å². The maximum absolute atomic E-state index is 12.4. The van der Waals surface area contributed by atoms with Gasteiger partial charge in [0, 0.05) is 19.7 Å². The molecule has 1 heterocycles. The highest BCUT2D eigenvalue weighted by molar-refractivity contribution is 5.83. The highest BCUT2D eigenvalue weighted by Gasteiger charge is 2.38. The van der Waals surface area contributed by atoms with E-state index in [1.54, 1.807) is 0 Å². The fourth-order valence-corrected chi connectivity index (χ4v) is 2.90. The van der Waals surface area contributed by atoms with Crippen molar-refractivity contribution < 1.29 is 9.90 Å². The van der Waals surface area contributed by atoms with Crippen LogP contribution in [0.25, 0.3) is 0 Å². The van der Waals surface area contributed by atoms with E-state index in [0.717, 1.165) is 58.2 Å². The Morgan fingerprint density at radius 3 is 2.89 bits per heavy atom. The Bertz CT molecular complexity index is 257. The third-order valence-electron chi connectivity index (χ3n) is 4.15. The van der Waals surface area contributed by atoms with Gasteiger partial charge >= 0.3 is 0 Å². The molecule has 2 atom stereocenters. The zero-order chi connectivity index (χ0) is 14.1. The van der Waals surface area contributed by atoms with Crippen LogP contribution in [-0.2, 0) is 4.79 Å². The first-order chi connectivity index (χ1) is 9.14. The van der Waals surface area contributed by atoms with Gasteiger partial charge in [0.15, 0.2) is 0 Å². The monoisotopic (exact) mass is 270 g/mol. The number of amides is 1. The average molecular weight is 270 g/mol. The first-order valence-corrected chi connectivity index (χ1v) is 7.74. The number of aliphatic hydroxyl groups excluding tert-OH is 1. The van der Waals surface area contributed by atoms with E-state index in [-0.39, 0.29) is 17.9 Å². The van der Waals surface area contributed by atoms with Gasteiger partial charge in [0.25, 0.3) is 0 Å². The predicted molar refractivity (Wildman–Crippen MR) is 77.9 cm³/mol. The SMILES string of the molecule is CCCC1(C(=O)NCCCC(C)CO)CCCNC1. The molecule has 3 N–H and O–H groups in total. The number of rotatable bonds is 8. The van der Waals surface area contributed by atoms with Gasteiger partial charge in [-0.25, -0.2) is 0 Å². The van der Waals surface area contributed by atoms with Gasteiger partial charge in [0.1, 0.15) is 0 Å². The highest BCUT2D eigenvalue weighted by atomic mass is 16.3. The number of hydrogen-bond acceptors (Lipinski definition) is 3. The van der Waals surface area contributed by atoms with Crippen LogP contribution >= 0.6 is 0 Å². The molecule has 4 nitrogen and oxygen atoms in total. The fourth-order valence-electron chi connectivity index (χ4n) is 2.90. The van der Waals surface area contributed by atoms with Crippen LogP contribution < -0.4 is 10.6 Å². The lowest BCUT2D eigenvalue weighted by atomic mass is 9.76. The lowest BCUT2D eigenvalue weighted by Crippen LogP contribution is -2.50. The van der Waals surface area contributed by atoms with E-state index >= 15 is 0 Å². The molecule has 1 aliphatic heterocycles. The molecule has 0 spiro atoms. The maximum Gasteiger partial charge on any atom is 0.227 e. The summed E-state index contributed by atoms with van der Waals surface area (Å²) in [6.07, 6.45) is 6.04. The zero-order valence-corrected chi connectivity index (χ0v) is 12.5. The minimum absolute atomic E-state index is 0.185. The first kappa shape index (κ1) is 16.4. The van der Waals surface area contributed by atoms with Gasteiger partial charge < -0.3 is 15.7 Å². The smallest absolute Gasteiger partial charge is 0.227 e. The van der Waals surface area contributed by atoms with E-state index in [1.165, 1.54) is 0 Å². The topological polar surface area (TPSA) is 61.4 Å². The van der Waals surface area contributed by atoms with E-state index in [4.69, 9.17) is 5.11 Å². The highest BCUT2D eigenvalue weighted by Crippen LogP contribution is 2.31. The fraction of sp³-hybridized carbons (Fsp3) is 0.933. The van der Waals surface area contributed by atoms with Crippen molar-refractivity contribution in [2.24, 2.45) is 11.3 Å². The molecule has 1 aliphatic rings. The molecule has 0 aliphatic carbocycles. The lowest BCUT2D eigenvalue weighted by molar-refractivity contribution is -0.132. The Labute approximate surface area is 117 Å². The second-order valence-corrected chi connectivity index (χ2v) is 6.00. The minimum atomic E-state index is -0.185. The van der Waals surface area contributed by atoms with Crippen molar-refractivity contribution in [2.75, 3.05) is 26.2 Å². The van der Waals surface area contributed by atoms with Crippen LogP contribution in [0.1, 0.15) is 52.4 Å². The second kappa shape index (κ2) is 8.54. The van der Waals surface area contributed by atoms with Gasteiger partial charge in [0.2, 0.25) is 5.91 Å². The predicted octanol–water partition coefficient (Wildman–Crippen LogP) is 1.68. The van der Waals surface area contributed by atoms with Gasteiger partial charge in [-0.1, -0.05) is 20.3 Å². The summed E-state index contributed by atoms with van der Waals surface area (Å²) < 4.78 is 0. The summed E-state index contributed by atoms with van der Waals surface area (Å²) in [7, 11) is 0. The summed E-state index contributed by atoms with van der Waals surface area (Å²) in [5, 5.41) is 15.4. The van der Waals surface area contributed by atoms with Crippen LogP contribution in [0.4, 0.5) is 0 Å². The summed E-state index contributed by atoms with van der Waals surface area (Å²) in [6, 6.07) is 0. The quantitative estimate of drug-likeness (QED) is 0.588. The molecule has 0 aromatic carbocycles. The van der Waals surface area contributed by atoms with Crippen LogP contribution in [0, 0.1) is 11.3 Å². The Morgan fingerprint density at radius 1 is 1.53 bits per heavy atom. The van der Waals surface area contributed by atoms with Gasteiger partial charge in [-0.05, 0) is 44.6 Å². The molecule has 1 amide bonds. The molecule has 1 fully saturated rings. The molecular weight excluding hydrogens is 240 g/mol. The molecule has 0 aromatic heterocycles. The van der Waals surface area contributed by atoms with Crippen molar-refractivity contribution in [3.63, 3.8) is 0 Å². The first-order valence-electron chi connectivity index (χ1n) is 7.74. The van der Waals surface area contributed by atoms with E-state index in [9.17, 15) is 4.79 Å². The maximum atomic E-state index is 12.4. The van der Waals surface area contributed by atoms with Crippen molar-refractivity contribution in [1.82, 2.24) is 10.6 Å². The van der Waals surface area contributed by atoms with Crippen molar-refractivity contribution in [2.45, 2.75) is 52.4 Å². The van der Waals surface area contributed by atoms with Crippen LogP contribution in [0.5, 0.6) is 0 Å². The van der Waals surface area contributed by atoms with Crippen LogP contribution in [-0.4, -0.2) is 37.3 Å². The normalized spacial score (nSPS) is 25.0. The minimum Gasteiger partial charge on any atom is -0.396 e. The molecule has 0 bridgehead atoms. The number of piperidine rings is 1. The second-order valence-electron chi connectivity index (χ2n) is 6.00. The van der Waals surface area contributed by atoms with Crippen molar-refractivity contribution in [3.05, 3.63) is 0 Å². The summed E-state index contributed by atoms with van der Waals surface area (Å²) in [5.74, 6) is 0.552. The Hall–Kier alpha value is -0.610. The zero-order valence-electron chi connectivity index (χ0n) is 12.5. The van der Waals surface area contributed by atoms with Gasteiger partial charge in [-0.2, -0.15) is 0 Å². The largest absolute Gasteiger partial charge is 0.396 e. The molecule has 1 saturated heterocycles. The number of carbonyl (C=O) groups excluding carboxylic acids is 1. The Morgan fingerprint density at radius 2 is 2.32 bits per heavy atom. The molecule has 2 unspecified atom stereocenters. The average Bonchev–Trinajstić information content (AvgIpc) is 2.44. The molecule has 19 heavy (non-hydrogen) atoms. The van der Waals surface area contributed by atoms with Crippen LogP contribution in [0.2, 0.25) is 0 Å². The van der Waals surface area contributed by atoms with E-state index < -0.39 is 0 Å². The van der Waals surface area contributed by atoms with Gasteiger partial charge in [-0.15, -0.1) is 0 Å². The number of nitrogens with one attached hydrogen (secondary N) is 2. The summed E-state index contributed by atoms with van der Waals surface area (Å²) in [5.41, 5.74) is -0.185. The van der Waals surface area contributed by atoms with Crippen LogP contribution in [0.3, 0.4) is 0 Å². The van der Waals surface area contributed by atoms with Crippen molar-refractivity contribution >= 4 is 5.91 Å². The summed E-state index contributed by atoms with van der Waals surface area (Å²) >= 11 is 0. The Kier molecular flexibility index (Phi) is 7.39. The van der Waals surface area contributed by atoms with Crippen LogP contribution in [0.15, 0.2) is 0 Å². The van der Waals surface area contributed by atoms with Crippen molar-refractivity contribution in [1.29, 1.82) is 0 Å². The molecule has 1 rings (SSSR count). The molecule has 4 heteroatoms. The summed E-state index contributed by atoms with van der Waals surface area (Å²) in [6.45, 7) is 7.00. The molecule has 0 saturated carbocycles.